The number of halogens is 2. The average Bonchev–Trinajstić information content (AvgIpc) is 2.96. The molecular formula is C17H20F2N2O4. The molecular weight excluding hydrogens is 334 g/mol. The van der Waals surface area contributed by atoms with E-state index in [9.17, 15) is 23.5 Å². The number of hydrogen-bond donors (Lipinski definition) is 1. The molecule has 1 aromatic rings. The van der Waals surface area contributed by atoms with Crippen LogP contribution in [0.15, 0.2) is 18.2 Å². The van der Waals surface area contributed by atoms with Crippen LogP contribution in [0.5, 0.6) is 0 Å². The van der Waals surface area contributed by atoms with Crippen LogP contribution < -0.4 is 0 Å². The summed E-state index contributed by atoms with van der Waals surface area (Å²) in [6.07, 6.45) is 0.848. The number of piperidine rings is 1. The van der Waals surface area contributed by atoms with E-state index in [-0.39, 0.29) is 6.61 Å². The molecule has 1 amide bonds. The van der Waals surface area contributed by atoms with E-state index in [4.69, 9.17) is 4.74 Å². The SMILES string of the molecule is CCN1CCC2(CC1)OCC(C(=O)O)N2C(=O)c1cc(F)ccc1F. The summed E-state index contributed by atoms with van der Waals surface area (Å²) in [4.78, 5) is 27.8. The molecule has 136 valence electrons. The van der Waals surface area contributed by atoms with E-state index in [1.165, 1.54) is 0 Å². The van der Waals surface area contributed by atoms with Crippen molar-refractivity contribution in [3.05, 3.63) is 35.4 Å². The number of carbonyl (C=O) groups is 2. The summed E-state index contributed by atoms with van der Waals surface area (Å²) in [5.41, 5.74) is -1.57. The summed E-state index contributed by atoms with van der Waals surface area (Å²) in [5.74, 6) is -3.72. The minimum Gasteiger partial charge on any atom is -0.480 e. The highest BCUT2D eigenvalue weighted by molar-refractivity contribution is 5.97. The molecule has 1 unspecified atom stereocenters. The van der Waals surface area contributed by atoms with Crippen molar-refractivity contribution in [1.29, 1.82) is 0 Å². The molecule has 25 heavy (non-hydrogen) atoms. The smallest absolute Gasteiger partial charge is 0.328 e. The summed E-state index contributed by atoms with van der Waals surface area (Å²) in [7, 11) is 0. The van der Waals surface area contributed by atoms with Gasteiger partial charge in [-0.1, -0.05) is 6.92 Å². The van der Waals surface area contributed by atoms with Crippen LogP contribution in [0.2, 0.25) is 0 Å². The normalized spacial score (nSPS) is 23.2. The quantitative estimate of drug-likeness (QED) is 0.895. The van der Waals surface area contributed by atoms with E-state index in [0.29, 0.717) is 25.9 Å². The van der Waals surface area contributed by atoms with Crippen molar-refractivity contribution in [2.45, 2.75) is 31.5 Å². The number of rotatable bonds is 3. The van der Waals surface area contributed by atoms with Crippen molar-refractivity contribution < 1.29 is 28.2 Å². The Morgan fingerprint density at radius 1 is 1.32 bits per heavy atom. The largest absolute Gasteiger partial charge is 0.480 e. The summed E-state index contributed by atoms with van der Waals surface area (Å²) in [6.45, 7) is 3.96. The molecule has 1 spiro atoms. The number of ether oxygens (including phenoxy) is 1. The second-order valence-electron chi connectivity index (χ2n) is 6.34. The van der Waals surface area contributed by atoms with Crippen molar-refractivity contribution in [3.63, 3.8) is 0 Å². The molecule has 2 aliphatic rings. The maximum absolute atomic E-state index is 14.1. The highest BCUT2D eigenvalue weighted by atomic mass is 19.1. The monoisotopic (exact) mass is 354 g/mol. The van der Waals surface area contributed by atoms with Gasteiger partial charge in [-0.15, -0.1) is 0 Å². The number of hydrogen-bond acceptors (Lipinski definition) is 4. The molecule has 1 N–H and O–H groups in total. The first-order valence-electron chi connectivity index (χ1n) is 8.26. The zero-order chi connectivity index (χ0) is 18.2. The molecule has 2 fully saturated rings. The molecule has 6 nitrogen and oxygen atoms in total. The molecule has 0 saturated carbocycles. The summed E-state index contributed by atoms with van der Waals surface area (Å²) in [6, 6.07) is 1.35. The van der Waals surface area contributed by atoms with Gasteiger partial charge in [0.25, 0.3) is 5.91 Å². The van der Waals surface area contributed by atoms with Gasteiger partial charge in [-0.3, -0.25) is 9.69 Å². The lowest BCUT2D eigenvalue weighted by atomic mass is 9.96. The first kappa shape index (κ1) is 17.8. The Bertz CT molecular complexity index is 689. The van der Waals surface area contributed by atoms with E-state index in [2.05, 4.69) is 4.90 Å². The highest BCUT2D eigenvalue weighted by Crippen LogP contribution is 2.38. The number of carbonyl (C=O) groups excluding carboxylic acids is 1. The van der Waals surface area contributed by atoms with Crippen LogP contribution in [0.1, 0.15) is 30.1 Å². The maximum atomic E-state index is 14.1. The Balaban J connectivity index is 1.97. The third kappa shape index (κ3) is 3.11. The number of amides is 1. The van der Waals surface area contributed by atoms with E-state index in [0.717, 1.165) is 29.6 Å². The van der Waals surface area contributed by atoms with Crippen molar-refractivity contribution in [2.24, 2.45) is 0 Å². The number of carboxylic acid groups (broad SMARTS) is 1. The molecule has 0 aromatic heterocycles. The maximum Gasteiger partial charge on any atom is 0.328 e. The first-order chi connectivity index (χ1) is 11.9. The van der Waals surface area contributed by atoms with Gasteiger partial charge in [0, 0.05) is 25.9 Å². The lowest BCUT2D eigenvalue weighted by Crippen LogP contribution is -2.58. The van der Waals surface area contributed by atoms with Crippen molar-refractivity contribution in [3.8, 4) is 0 Å². The first-order valence-corrected chi connectivity index (χ1v) is 8.26. The minimum absolute atomic E-state index is 0.163. The molecule has 2 aliphatic heterocycles. The number of benzene rings is 1. The lowest BCUT2D eigenvalue weighted by molar-refractivity contribution is -0.143. The summed E-state index contributed by atoms with van der Waals surface area (Å²) < 4.78 is 33.3. The van der Waals surface area contributed by atoms with Gasteiger partial charge in [0.2, 0.25) is 0 Å². The van der Waals surface area contributed by atoms with E-state index < -0.39 is 40.8 Å². The van der Waals surface area contributed by atoms with Gasteiger partial charge in [-0.25, -0.2) is 13.6 Å². The topological polar surface area (TPSA) is 70.1 Å². The third-order valence-corrected chi connectivity index (χ3v) is 5.01. The fourth-order valence-electron chi connectivity index (χ4n) is 3.57. The highest BCUT2D eigenvalue weighted by Gasteiger charge is 2.54. The molecule has 1 aromatic carbocycles. The summed E-state index contributed by atoms with van der Waals surface area (Å²) in [5, 5.41) is 9.46. The van der Waals surface area contributed by atoms with Crippen LogP contribution in [0.25, 0.3) is 0 Å². The van der Waals surface area contributed by atoms with Crippen molar-refractivity contribution in [2.75, 3.05) is 26.2 Å². The minimum atomic E-state index is -1.22. The zero-order valence-electron chi connectivity index (χ0n) is 13.9. The summed E-state index contributed by atoms with van der Waals surface area (Å²) >= 11 is 0. The van der Waals surface area contributed by atoms with E-state index >= 15 is 0 Å². The predicted molar refractivity (Wildman–Crippen MR) is 84.0 cm³/mol. The van der Waals surface area contributed by atoms with Crippen LogP contribution in [0.4, 0.5) is 8.78 Å². The second-order valence-corrected chi connectivity index (χ2v) is 6.34. The Morgan fingerprint density at radius 2 is 2.00 bits per heavy atom. The molecule has 8 heteroatoms. The van der Waals surface area contributed by atoms with E-state index in [1.807, 2.05) is 6.92 Å². The van der Waals surface area contributed by atoms with Gasteiger partial charge < -0.3 is 14.7 Å². The Labute approximate surface area is 144 Å². The van der Waals surface area contributed by atoms with Gasteiger partial charge >= 0.3 is 5.97 Å². The van der Waals surface area contributed by atoms with Crippen LogP contribution in [-0.2, 0) is 9.53 Å². The average molecular weight is 354 g/mol. The fourth-order valence-corrected chi connectivity index (χ4v) is 3.57. The van der Waals surface area contributed by atoms with Gasteiger partial charge in [-0.05, 0) is 24.7 Å². The zero-order valence-corrected chi connectivity index (χ0v) is 13.9. The van der Waals surface area contributed by atoms with Crippen LogP contribution in [-0.4, -0.2) is 64.8 Å². The fraction of sp³-hybridized carbons (Fsp3) is 0.529. The van der Waals surface area contributed by atoms with Crippen LogP contribution in [0.3, 0.4) is 0 Å². The molecule has 2 heterocycles. The molecule has 1 atom stereocenters. The van der Waals surface area contributed by atoms with E-state index in [1.54, 1.807) is 0 Å². The second kappa shape index (κ2) is 6.68. The van der Waals surface area contributed by atoms with Gasteiger partial charge in [0.1, 0.15) is 17.4 Å². The van der Waals surface area contributed by atoms with Gasteiger partial charge in [0.05, 0.1) is 12.2 Å². The van der Waals surface area contributed by atoms with Gasteiger partial charge in [-0.2, -0.15) is 0 Å². The number of aliphatic carboxylic acids is 1. The van der Waals surface area contributed by atoms with Crippen molar-refractivity contribution in [1.82, 2.24) is 9.80 Å². The predicted octanol–water partition coefficient (Wildman–Crippen LogP) is 1.70. The van der Waals surface area contributed by atoms with Gasteiger partial charge in [0.15, 0.2) is 6.04 Å². The standard InChI is InChI=1S/C17H20F2N2O4/c1-2-20-7-5-17(6-8-20)21(14(10-25-17)16(23)24)15(22)12-9-11(18)3-4-13(12)19/h3-4,9,14H,2,5-8,10H2,1H3,(H,23,24). The molecule has 2 saturated heterocycles. The number of nitrogens with zero attached hydrogens (tertiary/aromatic N) is 2. The number of likely N-dealkylation sites (tertiary alicyclic amines) is 1. The number of carboxylic acids is 1. The third-order valence-electron chi connectivity index (χ3n) is 5.01. The Hall–Kier alpha value is -2.06. The Morgan fingerprint density at radius 3 is 2.60 bits per heavy atom. The van der Waals surface area contributed by atoms with Crippen LogP contribution >= 0.6 is 0 Å². The Kier molecular flexibility index (Phi) is 4.75. The molecule has 3 rings (SSSR count). The molecule has 0 radical (unpaired) electrons. The molecule has 0 bridgehead atoms. The lowest BCUT2D eigenvalue weighted by Gasteiger charge is -2.44. The van der Waals surface area contributed by atoms with Crippen molar-refractivity contribution >= 4 is 11.9 Å². The van der Waals surface area contributed by atoms with Crippen LogP contribution in [0, 0.1) is 11.6 Å². The molecule has 0 aliphatic carbocycles.